The summed E-state index contributed by atoms with van der Waals surface area (Å²) in [6.45, 7) is 3.37. The molecule has 3 aromatic rings. The highest BCUT2D eigenvalue weighted by Crippen LogP contribution is 2.23. The minimum Gasteiger partial charge on any atom is -0.385 e. The van der Waals surface area contributed by atoms with E-state index in [0.29, 0.717) is 18.1 Å². The largest absolute Gasteiger partial charge is 0.385 e. The lowest BCUT2D eigenvalue weighted by atomic mass is 9.94. The minimum absolute atomic E-state index is 0.0623. The summed E-state index contributed by atoms with van der Waals surface area (Å²) >= 11 is 5.75. The fraction of sp³-hybridized carbons (Fsp3) is 0.208. The van der Waals surface area contributed by atoms with Gasteiger partial charge in [-0.05, 0) is 16.7 Å². The van der Waals surface area contributed by atoms with Crippen molar-refractivity contribution in [3.05, 3.63) is 108 Å². The van der Waals surface area contributed by atoms with Crippen LogP contribution in [-0.4, -0.2) is 21.1 Å². The number of thiocarbonyl (C=S) groups is 1. The van der Waals surface area contributed by atoms with E-state index in [1.54, 1.807) is 0 Å². The van der Waals surface area contributed by atoms with Crippen molar-refractivity contribution in [3.8, 4) is 0 Å². The Balaban J connectivity index is 1.81. The fourth-order valence-electron chi connectivity index (χ4n) is 3.16. The van der Waals surface area contributed by atoms with Crippen molar-refractivity contribution < 1.29 is 5.11 Å². The maximum absolute atomic E-state index is 11.0. The molecule has 3 aromatic carbocycles. The summed E-state index contributed by atoms with van der Waals surface area (Å²) < 4.78 is 0. The number of rotatable bonds is 7. The highest BCUT2D eigenvalue weighted by atomic mass is 32.1. The van der Waals surface area contributed by atoms with Crippen LogP contribution >= 0.6 is 12.2 Å². The molecule has 2 nitrogen and oxygen atoms in total. The summed E-state index contributed by atoms with van der Waals surface area (Å²) in [4.78, 5) is 2.68. The molecule has 0 saturated carbocycles. The van der Waals surface area contributed by atoms with Crippen molar-refractivity contribution in [1.82, 2.24) is 4.90 Å². The number of hydrogen-bond donors (Lipinski definition) is 1. The molecule has 0 radical (unpaired) electrons. The maximum Gasteiger partial charge on any atom is 0.111 e. The van der Waals surface area contributed by atoms with Crippen LogP contribution in [0.4, 0.5) is 0 Å². The van der Waals surface area contributed by atoms with Crippen LogP contribution in [0.1, 0.15) is 29.5 Å². The molecule has 3 rings (SSSR count). The molecule has 27 heavy (non-hydrogen) atoms. The number of hydrogen-bond acceptors (Lipinski definition) is 2. The molecule has 0 fully saturated rings. The first-order valence-corrected chi connectivity index (χ1v) is 9.65. The average Bonchev–Trinajstić information content (AvgIpc) is 2.74. The molecule has 2 atom stereocenters. The quantitative estimate of drug-likeness (QED) is 0.576. The van der Waals surface area contributed by atoms with E-state index in [1.165, 1.54) is 11.1 Å². The second-order valence-electron chi connectivity index (χ2n) is 6.81. The van der Waals surface area contributed by atoms with Crippen LogP contribution in [-0.2, 0) is 13.1 Å². The number of aliphatic hydroxyl groups is 1. The highest BCUT2D eigenvalue weighted by molar-refractivity contribution is 7.80. The summed E-state index contributed by atoms with van der Waals surface area (Å²) in [6.07, 6.45) is -0.713. The molecule has 3 heteroatoms. The number of benzene rings is 3. The van der Waals surface area contributed by atoms with Gasteiger partial charge in [0, 0.05) is 19.0 Å². The van der Waals surface area contributed by atoms with E-state index >= 15 is 0 Å². The molecule has 0 amide bonds. The van der Waals surface area contributed by atoms with Crippen molar-refractivity contribution in [2.24, 2.45) is 0 Å². The average molecular weight is 376 g/mol. The lowest BCUT2D eigenvalue weighted by Crippen LogP contribution is -2.39. The Bertz CT molecular complexity index is 795. The third-order valence-corrected chi connectivity index (χ3v) is 5.30. The van der Waals surface area contributed by atoms with Gasteiger partial charge in [-0.25, -0.2) is 0 Å². The lowest BCUT2D eigenvalue weighted by molar-refractivity contribution is 0.196. The van der Waals surface area contributed by atoms with E-state index in [2.05, 4.69) is 29.2 Å². The molecule has 0 aliphatic carbocycles. The minimum atomic E-state index is -0.713. The van der Waals surface area contributed by atoms with Crippen LogP contribution in [0.25, 0.3) is 0 Å². The Kier molecular flexibility index (Phi) is 6.74. The summed E-state index contributed by atoms with van der Waals surface area (Å²) in [5, 5.41) is 11.0. The summed E-state index contributed by atoms with van der Waals surface area (Å²) in [7, 11) is 0. The van der Waals surface area contributed by atoms with E-state index in [4.69, 9.17) is 12.2 Å². The van der Waals surface area contributed by atoms with Crippen LogP contribution < -0.4 is 0 Å². The second-order valence-corrected chi connectivity index (χ2v) is 7.23. The molecule has 138 valence electrons. The van der Waals surface area contributed by atoms with Gasteiger partial charge in [0.15, 0.2) is 0 Å². The molecule has 0 unspecified atom stereocenters. The maximum atomic E-state index is 11.0. The SMILES string of the molecule is C[C@H](c1ccccc1)[C@H](O)C(=S)N(Cc1ccccc1)Cc1ccccc1. The van der Waals surface area contributed by atoms with E-state index in [-0.39, 0.29) is 5.92 Å². The van der Waals surface area contributed by atoms with Gasteiger partial charge in [-0.2, -0.15) is 0 Å². The molecular weight excluding hydrogens is 350 g/mol. The Morgan fingerprint density at radius 1 is 0.778 bits per heavy atom. The van der Waals surface area contributed by atoms with Crippen molar-refractivity contribution in [3.63, 3.8) is 0 Å². The van der Waals surface area contributed by atoms with Crippen LogP contribution in [0.2, 0.25) is 0 Å². The van der Waals surface area contributed by atoms with Gasteiger partial charge in [0.25, 0.3) is 0 Å². The molecule has 0 aliphatic rings. The number of nitrogens with zero attached hydrogens (tertiary/aromatic N) is 1. The first-order valence-electron chi connectivity index (χ1n) is 9.25. The predicted octanol–water partition coefficient (Wildman–Crippen LogP) is 5.18. The van der Waals surface area contributed by atoms with Crippen molar-refractivity contribution in [2.45, 2.75) is 32.0 Å². The molecule has 0 aliphatic heterocycles. The lowest BCUT2D eigenvalue weighted by Gasteiger charge is -2.31. The fourth-order valence-corrected chi connectivity index (χ4v) is 3.49. The summed E-state index contributed by atoms with van der Waals surface area (Å²) in [5.74, 6) is -0.0623. The van der Waals surface area contributed by atoms with Gasteiger partial charge in [-0.1, -0.05) is 110 Å². The van der Waals surface area contributed by atoms with Gasteiger partial charge in [-0.15, -0.1) is 0 Å². The van der Waals surface area contributed by atoms with Gasteiger partial charge in [-0.3, -0.25) is 0 Å². The Labute approximate surface area is 167 Å². The standard InChI is InChI=1S/C24H25NOS/c1-19(22-15-9-4-10-16-22)23(26)24(27)25(17-20-11-5-2-6-12-20)18-21-13-7-3-8-14-21/h2-16,19,23,26H,17-18H2,1H3/t19-,23+/m1/s1. The molecule has 1 N–H and O–H groups in total. The van der Waals surface area contributed by atoms with E-state index < -0.39 is 6.10 Å². The van der Waals surface area contributed by atoms with Gasteiger partial charge in [0.1, 0.15) is 11.1 Å². The van der Waals surface area contributed by atoms with Gasteiger partial charge >= 0.3 is 0 Å². The molecule has 0 saturated heterocycles. The number of aliphatic hydroxyl groups excluding tert-OH is 1. The van der Waals surface area contributed by atoms with E-state index in [1.807, 2.05) is 73.7 Å². The topological polar surface area (TPSA) is 23.5 Å². The molecule has 0 aromatic heterocycles. The second kappa shape index (κ2) is 9.45. The van der Waals surface area contributed by atoms with Gasteiger partial charge < -0.3 is 10.0 Å². The van der Waals surface area contributed by atoms with Gasteiger partial charge in [0.2, 0.25) is 0 Å². The Hall–Kier alpha value is -2.49. The van der Waals surface area contributed by atoms with Crippen molar-refractivity contribution in [2.75, 3.05) is 0 Å². The molecule has 0 bridgehead atoms. The van der Waals surface area contributed by atoms with Crippen LogP contribution in [0.3, 0.4) is 0 Å². The predicted molar refractivity (Wildman–Crippen MR) is 116 cm³/mol. The monoisotopic (exact) mass is 375 g/mol. The van der Waals surface area contributed by atoms with Crippen LogP contribution in [0, 0.1) is 0 Å². The van der Waals surface area contributed by atoms with Crippen molar-refractivity contribution >= 4 is 17.2 Å². The summed E-state index contributed by atoms with van der Waals surface area (Å²) in [6, 6.07) is 30.5. The first-order chi connectivity index (χ1) is 13.1. The van der Waals surface area contributed by atoms with Crippen molar-refractivity contribution in [1.29, 1.82) is 0 Å². The third kappa shape index (κ3) is 5.25. The van der Waals surface area contributed by atoms with E-state index in [0.717, 1.165) is 5.56 Å². The highest BCUT2D eigenvalue weighted by Gasteiger charge is 2.25. The first kappa shape index (κ1) is 19.3. The Morgan fingerprint density at radius 3 is 1.63 bits per heavy atom. The third-order valence-electron chi connectivity index (χ3n) is 4.80. The van der Waals surface area contributed by atoms with E-state index in [9.17, 15) is 5.11 Å². The molecule has 0 heterocycles. The zero-order chi connectivity index (χ0) is 19.1. The summed E-state index contributed by atoms with van der Waals surface area (Å²) in [5.41, 5.74) is 3.44. The molecule has 0 spiro atoms. The Morgan fingerprint density at radius 2 is 1.19 bits per heavy atom. The zero-order valence-electron chi connectivity index (χ0n) is 15.5. The smallest absolute Gasteiger partial charge is 0.111 e. The zero-order valence-corrected chi connectivity index (χ0v) is 16.3. The van der Waals surface area contributed by atoms with Gasteiger partial charge in [0.05, 0.1) is 0 Å². The van der Waals surface area contributed by atoms with Crippen LogP contribution in [0.15, 0.2) is 91.0 Å². The normalized spacial score (nSPS) is 13.0. The molecular formula is C24H25NOS. The van der Waals surface area contributed by atoms with Crippen LogP contribution in [0.5, 0.6) is 0 Å².